The lowest BCUT2D eigenvalue weighted by Gasteiger charge is -2.11. The molecule has 5 heteroatoms. The van der Waals surface area contributed by atoms with Gasteiger partial charge >= 0.3 is 0 Å². The zero-order valence-electron chi connectivity index (χ0n) is 14.8. The van der Waals surface area contributed by atoms with Crippen molar-refractivity contribution in [1.82, 2.24) is 9.55 Å². The highest BCUT2D eigenvalue weighted by molar-refractivity contribution is 9.10. The van der Waals surface area contributed by atoms with Crippen molar-refractivity contribution in [2.75, 3.05) is 5.32 Å². The molecule has 0 spiro atoms. The molecule has 0 bridgehead atoms. The van der Waals surface area contributed by atoms with Crippen LogP contribution in [0, 0.1) is 6.92 Å². The molecule has 2 heterocycles. The van der Waals surface area contributed by atoms with E-state index >= 15 is 0 Å². The number of aromatic nitrogens is 2. The van der Waals surface area contributed by atoms with Crippen molar-refractivity contribution < 1.29 is 4.79 Å². The number of pyridine rings is 1. The molecular weight excluding hydrogens is 402 g/mol. The molecule has 0 saturated carbocycles. The fourth-order valence-corrected chi connectivity index (χ4v) is 3.30. The first kappa shape index (κ1) is 17.5. The minimum absolute atomic E-state index is 0.130. The Morgan fingerprint density at radius 3 is 2.59 bits per heavy atom. The van der Waals surface area contributed by atoms with E-state index < -0.39 is 0 Å². The van der Waals surface area contributed by atoms with Gasteiger partial charge in [0.05, 0.1) is 5.52 Å². The number of benzene rings is 2. The summed E-state index contributed by atoms with van der Waals surface area (Å²) in [5.74, 6) is -0.130. The molecule has 0 atom stereocenters. The Morgan fingerprint density at radius 2 is 1.85 bits per heavy atom. The number of fused-ring (bicyclic) bond motifs is 1. The molecule has 134 valence electrons. The summed E-state index contributed by atoms with van der Waals surface area (Å²) in [6.07, 6.45) is 5.96. The summed E-state index contributed by atoms with van der Waals surface area (Å²) in [5, 5.41) is 4.06. The molecule has 2 aromatic carbocycles. The second-order valence-electron chi connectivity index (χ2n) is 6.52. The summed E-state index contributed by atoms with van der Waals surface area (Å²) >= 11 is 3.38. The lowest BCUT2D eigenvalue weighted by molar-refractivity contribution is 0.102. The number of carbonyl (C=O) groups is 1. The number of amides is 1. The van der Waals surface area contributed by atoms with E-state index in [0.29, 0.717) is 5.56 Å². The van der Waals surface area contributed by atoms with Crippen LogP contribution in [-0.4, -0.2) is 15.5 Å². The molecule has 0 saturated heterocycles. The van der Waals surface area contributed by atoms with Crippen molar-refractivity contribution in [1.29, 1.82) is 0 Å². The first-order valence-electron chi connectivity index (χ1n) is 8.65. The third-order valence-corrected chi connectivity index (χ3v) is 5.00. The van der Waals surface area contributed by atoms with E-state index in [1.165, 1.54) is 0 Å². The van der Waals surface area contributed by atoms with E-state index in [1.54, 1.807) is 12.1 Å². The average molecular weight is 420 g/mol. The van der Waals surface area contributed by atoms with Gasteiger partial charge < -0.3 is 9.88 Å². The zero-order chi connectivity index (χ0) is 18.8. The third kappa shape index (κ3) is 3.93. The maximum Gasteiger partial charge on any atom is 0.255 e. The van der Waals surface area contributed by atoms with Crippen LogP contribution in [0.4, 0.5) is 5.69 Å². The van der Waals surface area contributed by atoms with Crippen LogP contribution in [0.25, 0.3) is 10.9 Å². The van der Waals surface area contributed by atoms with Gasteiger partial charge in [-0.1, -0.05) is 15.9 Å². The van der Waals surface area contributed by atoms with E-state index in [2.05, 4.69) is 42.9 Å². The molecule has 4 rings (SSSR count). The van der Waals surface area contributed by atoms with Crippen molar-refractivity contribution in [3.05, 3.63) is 94.4 Å². The molecule has 0 aliphatic rings. The van der Waals surface area contributed by atoms with Gasteiger partial charge in [0.15, 0.2) is 0 Å². The van der Waals surface area contributed by atoms with E-state index in [4.69, 9.17) is 0 Å². The molecule has 4 nitrogen and oxygen atoms in total. The molecule has 0 fully saturated rings. The molecule has 0 aliphatic carbocycles. The summed E-state index contributed by atoms with van der Waals surface area (Å²) in [6, 6.07) is 17.5. The van der Waals surface area contributed by atoms with Crippen molar-refractivity contribution in [2.45, 2.75) is 13.5 Å². The summed E-state index contributed by atoms with van der Waals surface area (Å²) in [5.41, 5.74) is 4.41. The normalized spacial score (nSPS) is 10.9. The number of carbonyl (C=O) groups excluding carboxylic acids is 1. The monoisotopic (exact) mass is 419 g/mol. The van der Waals surface area contributed by atoms with Crippen LogP contribution in [0.3, 0.4) is 0 Å². The van der Waals surface area contributed by atoms with Gasteiger partial charge in [0.2, 0.25) is 0 Å². The fourth-order valence-electron chi connectivity index (χ4n) is 3.04. The molecule has 1 amide bonds. The number of aryl methyl sites for hydroxylation is 1. The summed E-state index contributed by atoms with van der Waals surface area (Å²) in [6.45, 7) is 2.78. The molecule has 0 unspecified atom stereocenters. The van der Waals surface area contributed by atoms with Crippen LogP contribution >= 0.6 is 15.9 Å². The maximum absolute atomic E-state index is 12.5. The van der Waals surface area contributed by atoms with Gasteiger partial charge in [-0.2, -0.15) is 0 Å². The van der Waals surface area contributed by atoms with Gasteiger partial charge in [-0.05, 0) is 72.6 Å². The molecule has 0 aliphatic heterocycles. The average Bonchev–Trinajstić information content (AvgIpc) is 3.16. The second kappa shape index (κ2) is 7.37. The number of rotatable bonds is 4. The quantitative estimate of drug-likeness (QED) is 0.480. The number of anilines is 1. The topological polar surface area (TPSA) is 46.9 Å². The number of hydrogen-bond acceptors (Lipinski definition) is 2. The Labute approximate surface area is 166 Å². The fraction of sp³-hybridized carbons (Fsp3) is 0.0909. The zero-order valence-corrected chi connectivity index (χ0v) is 16.4. The minimum atomic E-state index is -0.130. The van der Waals surface area contributed by atoms with E-state index in [-0.39, 0.29) is 5.91 Å². The van der Waals surface area contributed by atoms with Crippen LogP contribution in [0.1, 0.15) is 21.5 Å². The Hall–Kier alpha value is -2.92. The van der Waals surface area contributed by atoms with Crippen LogP contribution in [0.5, 0.6) is 0 Å². The van der Waals surface area contributed by atoms with Gasteiger partial charge in [-0.25, -0.2) is 0 Å². The minimum Gasteiger partial charge on any atom is -0.350 e. The van der Waals surface area contributed by atoms with Gasteiger partial charge in [0.25, 0.3) is 5.91 Å². The maximum atomic E-state index is 12.5. The summed E-state index contributed by atoms with van der Waals surface area (Å²) < 4.78 is 3.06. The van der Waals surface area contributed by atoms with Crippen molar-refractivity contribution >= 4 is 38.4 Å². The molecule has 1 N–H and O–H groups in total. The number of nitrogens with zero attached hydrogens (tertiary/aromatic N) is 2. The Bertz CT molecular complexity index is 1100. The Morgan fingerprint density at radius 1 is 1.11 bits per heavy atom. The van der Waals surface area contributed by atoms with Gasteiger partial charge in [-0.15, -0.1) is 0 Å². The highest BCUT2D eigenvalue weighted by atomic mass is 79.9. The van der Waals surface area contributed by atoms with Crippen molar-refractivity contribution in [3.63, 3.8) is 0 Å². The summed E-state index contributed by atoms with van der Waals surface area (Å²) in [7, 11) is 0. The van der Waals surface area contributed by atoms with Gasteiger partial charge in [-0.3, -0.25) is 9.78 Å². The highest BCUT2D eigenvalue weighted by Gasteiger charge is 2.10. The SMILES string of the molecule is Cc1cc2cc(Cn3cccc3)cnc2cc1NC(=O)c1ccc(Br)cc1. The van der Waals surface area contributed by atoms with E-state index in [0.717, 1.165) is 38.7 Å². The predicted octanol–water partition coefficient (Wildman–Crippen LogP) is 5.41. The van der Waals surface area contributed by atoms with Crippen molar-refractivity contribution in [2.24, 2.45) is 0 Å². The van der Waals surface area contributed by atoms with Crippen molar-refractivity contribution in [3.8, 4) is 0 Å². The van der Waals surface area contributed by atoms with Gasteiger partial charge in [0, 0.05) is 46.2 Å². The largest absolute Gasteiger partial charge is 0.350 e. The second-order valence-corrected chi connectivity index (χ2v) is 7.44. The smallest absolute Gasteiger partial charge is 0.255 e. The number of halogens is 1. The van der Waals surface area contributed by atoms with Crippen LogP contribution in [0.15, 0.2) is 77.7 Å². The molecule has 4 aromatic rings. The van der Waals surface area contributed by atoms with Crippen LogP contribution in [-0.2, 0) is 6.54 Å². The van der Waals surface area contributed by atoms with Gasteiger partial charge in [0.1, 0.15) is 0 Å². The molecule has 2 aromatic heterocycles. The first-order valence-corrected chi connectivity index (χ1v) is 9.45. The number of nitrogens with one attached hydrogen (secondary N) is 1. The molecule has 0 radical (unpaired) electrons. The van der Waals surface area contributed by atoms with Crippen LogP contribution < -0.4 is 5.32 Å². The molecule has 27 heavy (non-hydrogen) atoms. The van der Waals surface area contributed by atoms with E-state index in [1.807, 2.05) is 55.8 Å². The Kier molecular flexibility index (Phi) is 4.77. The van der Waals surface area contributed by atoms with Crippen LogP contribution in [0.2, 0.25) is 0 Å². The lowest BCUT2D eigenvalue weighted by atomic mass is 10.1. The summed E-state index contributed by atoms with van der Waals surface area (Å²) in [4.78, 5) is 17.1. The molecular formula is C22H18BrN3O. The lowest BCUT2D eigenvalue weighted by Crippen LogP contribution is -2.12. The Balaban J connectivity index is 1.59. The first-order chi connectivity index (χ1) is 13.1. The van der Waals surface area contributed by atoms with E-state index in [9.17, 15) is 4.79 Å². The standard InChI is InChI=1S/C22H18BrN3O/c1-15-10-18-11-16(14-26-8-2-3-9-26)13-24-21(18)12-20(15)25-22(27)17-4-6-19(23)7-5-17/h2-13H,14H2,1H3,(H,25,27). The third-order valence-electron chi connectivity index (χ3n) is 4.47. The predicted molar refractivity (Wildman–Crippen MR) is 112 cm³/mol. The number of hydrogen-bond donors (Lipinski definition) is 1. The highest BCUT2D eigenvalue weighted by Crippen LogP contribution is 2.24.